The molecule has 1 aliphatic carbocycles. The van der Waals surface area contributed by atoms with Gasteiger partial charge in [-0.2, -0.15) is 0 Å². The Labute approximate surface area is 153 Å². The molecule has 0 heterocycles. The van der Waals surface area contributed by atoms with Gasteiger partial charge >= 0.3 is 0 Å². The Morgan fingerprint density at radius 3 is 1.96 bits per heavy atom. The number of rotatable bonds is 4. The first kappa shape index (κ1) is 17.6. The summed E-state index contributed by atoms with van der Waals surface area (Å²) >= 11 is 0. The molecule has 128 valence electrons. The fraction of sp³-hybridized carbons (Fsp3) is 0.360. The molecule has 1 saturated carbocycles. The quantitative estimate of drug-likeness (QED) is 0.444. The Balaban J connectivity index is 1.61. The van der Waals surface area contributed by atoms with E-state index in [0.29, 0.717) is 0 Å². The highest BCUT2D eigenvalue weighted by Gasteiger charge is 2.21. The second kappa shape index (κ2) is 8.72. The topological polar surface area (TPSA) is 0 Å². The Hall–Kier alpha value is -2.26. The standard InChI is InChI=1S/C25H28/c1-3-5-21-12-16-24(17-13-21)25-18-14-23(15-19-25)11-10-22-8-6-20(4-2)7-9-22/h3,6-9,14-15,18-19,21,24H,1,4-5,12-13,16-17H2,2H3/t21-,24-. The Morgan fingerprint density at radius 1 is 0.880 bits per heavy atom. The summed E-state index contributed by atoms with van der Waals surface area (Å²) in [4.78, 5) is 0. The van der Waals surface area contributed by atoms with Crippen LogP contribution in [0.5, 0.6) is 0 Å². The molecule has 2 aromatic carbocycles. The van der Waals surface area contributed by atoms with E-state index < -0.39 is 0 Å². The molecule has 0 radical (unpaired) electrons. The zero-order chi connectivity index (χ0) is 17.5. The van der Waals surface area contributed by atoms with Gasteiger partial charge < -0.3 is 0 Å². The minimum Gasteiger partial charge on any atom is -0.103 e. The first-order valence-corrected chi connectivity index (χ1v) is 9.60. The molecule has 1 fully saturated rings. The minimum absolute atomic E-state index is 0.727. The van der Waals surface area contributed by atoms with Crippen LogP contribution in [0.2, 0.25) is 0 Å². The van der Waals surface area contributed by atoms with Crippen LogP contribution < -0.4 is 0 Å². The zero-order valence-electron chi connectivity index (χ0n) is 15.3. The van der Waals surface area contributed by atoms with Crippen molar-refractivity contribution in [1.82, 2.24) is 0 Å². The lowest BCUT2D eigenvalue weighted by Gasteiger charge is -2.28. The van der Waals surface area contributed by atoms with Crippen LogP contribution in [0.4, 0.5) is 0 Å². The van der Waals surface area contributed by atoms with Crippen molar-refractivity contribution in [2.75, 3.05) is 0 Å². The van der Waals surface area contributed by atoms with Crippen LogP contribution in [0.3, 0.4) is 0 Å². The van der Waals surface area contributed by atoms with Gasteiger partial charge in [-0.05, 0) is 85.8 Å². The van der Waals surface area contributed by atoms with E-state index in [2.05, 4.69) is 80.0 Å². The van der Waals surface area contributed by atoms with Gasteiger partial charge in [-0.1, -0.05) is 49.1 Å². The van der Waals surface area contributed by atoms with Crippen molar-refractivity contribution in [3.63, 3.8) is 0 Å². The van der Waals surface area contributed by atoms with Gasteiger partial charge in [0.2, 0.25) is 0 Å². The molecule has 0 N–H and O–H groups in total. The maximum absolute atomic E-state index is 3.88. The van der Waals surface area contributed by atoms with E-state index >= 15 is 0 Å². The number of allylic oxidation sites excluding steroid dienone is 1. The van der Waals surface area contributed by atoms with E-state index in [1.807, 2.05) is 0 Å². The summed E-state index contributed by atoms with van der Waals surface area (Å²) in [6.07, 6.45) is 9.64. The molecule has 0 atom stereocenters. The second-order valence-electron chi connectivity index (χ2n) is 7.16. The third-order valence-electron chi connectivity index (χ3n) is 5.44. The summed E-state index contributed by atoms with van der Waals surface area (Å²) in [5.74, 6) is 8.15. The maximum Gasteiger partial charge on any atom is 0.0249 e. The summed E-state index contributed by atoms with van der Waals surface area (Å²) < 4.78 is 0. The van der Waals surface area contributed by atoms with Crippen LogP contribution >= 0.6 is 0 Å². The van der Waals surface area contributed by atoms with Crippen molar-refractivity contribution >= 4 is 0 Å². The Bertz CT molecular complexity index is 729. The summed E-state index contributed by atoms with van der Waals surface area (Å²) in [5.41, 5.74) is 5.03. The Morgan fingerprint density at radius 2 is 1.44 bits per heavy atom. The van der Waals surface area contributed by atoms with Gasteiger partial charge in [-0.15, -0.1) is 6.58 Å². The molecule has 0 heteroatoms. The lowest BCUT2D eigenvalue weighted by Crippen LogP contribution is -2.12. The van der Waals surface area contributed by atoms with Gasteiger partial charge in [0.05, 0.1) is 0 Å². The lowest BCUT2D eigenvalue weighted by molar-refractivity contribution is 0.328. The summed E-state index contributed by atoms with van der Waals surface area (Å²) in [7, 11) is 0. The predicted molar refractivity (Wildman–Crippen MR) is 108 cm³/mol. The monoisotopic (exact) mass is 328 g/mol. The second-order valence-corrected chi connectivity index (χ2v) is 7.16. The first-order chi connectivity index (χ1) is 12.3. The highest BCUT2D eigenvalue weighted by molar-refractivity contribution is 5.44. The predicted octanol–water partition coefficient (Wildman–Crippen LogP) is 6.50. The summed E-state index contributed by atoms with van der Waals surface area (Å²) in [6.45, 7) is 6.05. The van der Waals surface area contributed by atoms with Crippen LogP contribution in [0.1, 0.15) is 67.2 Å². The molecule has 0 unspecified atom stereocenters. The van der Waals surface area contributed by atoms with Crippen molar-refractivity contribution in [2.45, 2.75) is 51.4 Å². The molecule has 25 heavy (non-hydrogen) atoms. The molecular weight excluding hydrogens is 300 g/mol. The third-order valence-corrected chi connectivity index (χ3v) is 5.44. The maximum atomic E-state index is 3.88. The van der Waals surface area contributed by atoms with Crippen LogP contribution in [-0.2, 0) is 6.42 Å². The SMILES string of the molecule is C=CC[C@H]1CC[C@H](c2ccc(C#Cc3ccc(CC)cc3)cc2)CC1. The molecule has 0 saturated heterocycles. The van der Waals surface area contributed by atoms with Crippen LogP contribution in [-0.4, -0.2) is 0 Å². The molecule has 0 aromatic heterocycles. The van der Waals surface area contributed by atoms with Crippen LogP contribution in [0, 0.1) is 17.8 Å². The Kier molecular flexibility index (Phi) is 6.13. The molecule has 2 aromatic rings. The zero-order valence-corrected chi connectivity index (χ0v) is 15.3. The largest absolute Gasteiger partial charge is 0.103 e. The molecule has 0 nitrogen and oxygen atoms in total. The number of hydrogen-bond donors (Lipinski definition) is 0. The fourth-order valence-electron chi connectivity index (χ4n) is 3.77. The van der Waals surface area contributed by atoms with Crippen LogP contribution in [0.15, 0.2) is 61.2 Å². The minimum atomic E-state index is 0.727. The van der Waals surface area contributed by atoms with E-state index in [4.69, 9.17) is 0 Å². The smallest absolute Gasteiger partial charge is 0.0249 e. The average molecular weight is 328 g/mol. The number of benzene rings is 2. The normalized spacial score (nSPS) is 19.7. The van der Waals surface area contributed by atoms with E-state index in [1.54, 1.807) is 0 Å². The number of hydrogen-bond acceptors (Lipinski definition) is 0. The molecule has 0 bridgehead atoms. The summed E-state index contributed by atoms with van der Waals surface area (Å²) in [6, 6.07) is 17.5. The van der Waals surface area contributed by atoms with Crippen molar-refractivity contribution in [3.05, 3.63) is 83.4 Å². The van der Waals surface area contributed by atoms with Gasteiger partial charge in [0.15, 0.2) is 0 Å². The van der Waals surface area contributed by atoms with E-state index in [0.717, 1.165) is 29.4 Å². The van der Waals surface area contributed by atoms with Gasteiger partial charge in [-0.3, -0.25) is 0 Å². The average Bonchev–Trinajstić information content (AvgIpc) is 2.68. The van der Waals surface area contributed by atoms with Crippen molar-refractivity contribution in [2.24, 2.45) is 5.92 Å². The molecule has 0 spiro atoms. The van der Waals surface area contributed by atoms with Crippen molar-refractivity contribution < 1.29 is 0 Å². The first-order valence-electron chi connectivity index (χ1n) is 9.60. The van der Waals surface area contributed by atoms with Crippen molar-refractivity contribution in [3.8, 4) is 11.8 Å². The van der Waals surface area contributed by atoms with E-state index in [-0.39, 0.29) is 0 Å². The van der Waals surface area contributed by atoms with E-state index in [1.165, 1.54) is 43.2 Å². The highest BCUT2D eigenvalue weighted by atomic mass is 14.3. The molecular formula is C25H28. The van der Waals surface area contributed by atoms with Gasteiger partial charge in [0, 0.05) is 11.1 Å². The third kappa shape index (κ3) is 4.86. The van der Waals surface area contributed by atoms with E-state index in [9.17, 15) is 0 Å². The summed E-state index contributed by atoms with van der Waals surface area (Å²) in [5, 5.41) is 0. The molecule has 0 amide bonds. The van der Waals surface area contributed by atoms with Crippen molar-refractivity contribution in [1.29, 1.82) is 0 Å². The lowest BCUT2D eigenvalue weighted by atomic mass is 9.77. The molecule has 0 aliphatic heterocycles. The van der Waals surface area contributed by atoms with Crippen LogP contribution in [0.25, 0.3) is 0 Å². The van der Waals surface area contributed by atoms with Gasteiger partial charge in [0.1, 0.15) is 0 Å². The highest BCUT2D eigenvalue weighted by Crippen LogP contribution is 2.37. The van der Waals surface area contributed by atoms with Gasteiger partial charge in [0.25, 0.3) is 0 Å². The molecule has 3 rings (SSSR count). The van der Waals surface area contributed by atoms with Gasteiger partial charge in [-0.25, -0.2) is 0 Å². The number of aryl methyl sites for hydroxylation is 1. The fourth-order valence-corrected chi connectivity index (χ4v) is 3.77. The molecule has 1 aliphatic rings.